The van der Waals surface area contributed by atoms with Gasteiger partial charge in [0.25, 0.3) is 5.56 Å². The van der Waals surface area contributed by atoms with Crippen molar-refractivity contribution in [2.75, 3.05) is 4.90 Å². The maximum absolute atomic E-state index is 12.6. The van der Waals surface area contributed by atoms with Crippen molar-refractivity contribution in [1.82, 2.24) is 9.55 Å². The zero-order valence-electron chi connectivity index (χ0n) is 13.7. The first-order valence-corrected chi connectivity index (χ1v) is 8.69. The standard InChI is InChI=1S/C19H16BrN3O3/c20-17-16(12-23(19(25)26)15-9-5-2-6-10-15)21-13-22(18(17)24)11-14-7-3-1-4-8-14/h1-10,13H,11-12H2,(H,25,26). The van der Waals surface area contributed by atoms with Gasteiger partial charge in [-0.2, -0.15) is 0 Å². The largest absolute Gasteiger partial charge is 0.465 e. The molecule has 3 aromatic rings. The molecule has 3 rings (SSSR count). The minimum Gasteiger partial charge on any atom is -0.465 e. The SMILES string of the molecule is O=C(O)N(Cc1ncn(Cc2ccccc2)c(=O)c1Br)c1ccccc1. The van der Waals surface area contributed by atoms with Crippen LogP contribution in [-0.2, 0) is 13.1 Å². The smallest absolute Gasteiger partial charge is 0.412 e. The molecule has 1 aromatic heterocycles. The first-order valence-electron chi connectivity index (χ1n) is 7.89. The third-order valence-corrected chi connectivity index (χ3v) is 4.65. The highest BCUT2D eigenvalue weighted by Crippen LogP contribution is 2.19. The molecule has 0 aliphatic carbocycles. The molecule has 1 amide bonds. The van der Waals surface area contributed by atoms with Crippen molar-refractivity contribution >= 4 is 27.7 Å². The summed E-state index contributed by atoms with van der Waals surface area (Å²) in [5.41, 5.74) is 1.61. The minimum atomic E-state index is -1.11. The third kappa shape index (κ3) is 4.00. The second-order valence-corrected chi connectivity index (χ2v) is 6.42. The van der Waals surface area contributed by atoms with Gasteiger partial charge in [-0.05, 0) is 33.6 Å². The number of amides is 1. The lowest BCUT2D eigenvalue weighted by Crippen LogP contribution is -2.31. The van der Waals surface area contributed by atoms with Crippen molar-refractivity contribution in [3.05, 3.63) is 93.1 Å². The average Bonchev–Trinajstić information content (AvgIpc) is 2.66. The number of hydrogen-bond donors (Lipinski definition) is 1. The lowest BCUT2D eigenvalue weighted by atomic mass is 10.2. The van der Waals surface area contributed by atoms with E-state index in [0.717, 1.165) is 10.5 Å². The van der Waals surface area contributed by atoms with Crippen LogP contribution >= 0.6 is 15.9 Å². The van der Waals surface area contributed by atoms with Crippen molar-refractivity contribution in [2.45, 2.75) is 13.1 Å². The Kier molecular flexibility index (Phi) is 5.48. The highest BCUT2D eigenvalue weighted by atomic mass is 79.9. The summed E-state index contributed by atoms with van der Waals surface area (Å²) < 4.78 is 1.74. The second kappa shape index (κ2) is 7.97. The molecule has 1 N–H and O–H groups in total. The molecule has 26 heavy (non-hydrogen) atoms. The molecule has 1 heterocycles. The van der Waals surface area contributed by atoms with Gasteiger partial charge < -0.3 is 5.11 Å². The number of carboxylic acid groups (broad SMARTS) is 1. The highest BCUT2D eigenvalue weighted by molar-refractivity contribution is 9.10. The van der Waals surface area contributed by atoms with Gasteiger partial charge in [0.15, 0.2) is 0 Å². The Morgan fingerprint density at radius 2 is 1.69 bits per heavy atom. The average molecular weight is 414 g/mol. The van der Waals surface area contributed by atoms with Crippen molar-refractivity contribution in [3.63, 3.8) is 0 Å². The summed E-state index contributed by atoms with van der Waals surface area (Å²) in [6.45, 7) is 0.369. The first-order chi connectivity index (χ1) is 12.6. The summed E-state index contributed by atoms with van der Waals surface area (Å²) in [5.74, 6) is 0. The molecule has 0 fully saturated rings. The van der Waals surface area contributed by atoms with Gasteiger partial charge in [0, 0.05) is 5.69 Å². The molecule has 6 nitrogen and oxygen atoms in total. The van der Waals surface area contributed by atoms with Gasteiger partial charge in [-0.15, -0.1) is 0 Å². The molecule has 0 bridgehead atoms. The van der Waals surface area contributed by atoms with E-state index >= 15 is 0 Å². The first kappa shape index (κ1) is 17.9. The van der Waals surface area contributed by atoms with Crippen molar-refractivity contribution in [1.29, 1.82) is 0 Å². The van der Waals surface area contributed by atoms with Gasteiger partial charge >= 0.3 is 6.09 Å². The Labute approximate surface area is 158 Å². The normalized spacial score (nSPS) is 10.5. The van der Waals surface area contributed by atoms with Gasteiger partial charge in [0.2, 0.25) is 0 Å². The highest BCUT2D eigenvalue weighted by Gasteiger charge is 2.18. The maximum Gasteiger partial charge on any atom is 0.412 e. The maximum atomic E-state index is 12.6. The molecule has 0 spiro atoms. The lowest BCUT2D eigenvalue weighted by Gasteiger charge is -2.19. The molecule has 7 heteroatoms. The van der Waals surface area contributed by atoms with E-state index in [1.807, 2.05) is 36.4 Å². The number of aromatic nitrogens is 2. The number of hydrogen-bond acceptors (Lipinski definition) is 3. The number of carbonyl (C=O) groups is 1. The Balaban J connectivity index is 1.88. The number of para-hydroxylation sites is 1. The van der Waals surface area contributed by atoms with E-state index in [-0.39, 0.29) is 16.6 Å². The lowest BCUT2D eigenvalue weighted by molar-refractivity contribution is 0.201. The molecule has 0 radical (unpaired) electrons. The number of rotatable bonds is 5. The summed E-state index contributed by atoms with van der Waals surface area (Å²) in [5, 5.41) is 9.50. The Morgan fingerprint density at radius 1 is 1.08 bits per heavy atom. The van der Waals surface area contributed by atoms with Crippen LogP contribution in [0.4, 0.5) is 10.5 Å². The quantitative estimate of drug-likeness (QED) is 0.690. The van der Waals surface area contributed by atoms with Crippen LogP contribution < -0.4 is 10.5 Å². The molecular weight excluding hydrogens is 398 g/mol. The van der Waals surface area contributed by atoms with E-state index in [0.29, 0.717) is 17.9 Å². The molecule has 0 unspecified atom stereocenters. The van der Waals surface area contributed by atoms with Crippen LogP contribution in [0.5, 0.6) is 0 Å². The molecule has 0 aliphatic rings. The van der Waals surface area contributed by atoms with Gasteiger partial charge in [-0.1, -0.05) is 48.5 Å². The number of halogens is 1. The molecular formula is C19H16BrN3O3. The van der Waals surface area contributed by atoms with Gasteiger partial charge in [0.05, 0.1) is 25.1 Å². The fourth-order valence-corrected chi connectivity index (χ4v) is 2.98. The summed E-state index contributed by atoms with van der Waals surface area (Å²) >= 11 is 3.28. The molecule has 0 saturated carbocycles. The summed E-state index contributed by atoms with van der Waals surface area (Å²) in [4.78, 5) is 29.6. The predicted molar refractivity (Wildman–Crippen MR) is 102 cm³/mol. The van der Waals surface area contributed by atoms with Crippen LogP contribution in [0.3, 0.4) is 0 Å². The monoisotopic (exact) mass is 413 g/mol. The van der Waals surface area contributed by atoms with Crippen molar-refractivity contribution in [3.8, 4) is 0 Å². The van der Waals surface area contributed by atoms with E-state index in [9.17, 15) is 14.7 Å². The van der Waals surface area contributed by atoms with Crippen LogP contribution in [0.2, 0.25) is 0 Å². The fraction of sp³-hybridized carbons (Fsp3) is 0.105. The van der Waals surface area contributed by atoms with Gasteiger partial charge in [-0.25, -0.2) is 9.78 Å². The number of benzene rings is 2. The second-order valence-electron chi connectivity index (χ2n) is 5.63. The Bertz CT molecular complexity index is 959. The van der Waals surface area contributed by atoms with E-state index < -0.39 is 6.09 Å². The van der Waals surface area contributed by atoms with Crippen LogP contribution in [-0.4, -0.2) is 20.8 Å². The van der Waals surface area contributed by atoms with Crippen molar-refractivity contribution < 1.29 is 9.90 Å². The molecule has 0 aliphatic heterocycles. The van der Waals surface area contributed by atoms with Crippen LogP contribution in [0, 0.1) is 0 Å². The Morgan fingerprint density at radius 3 is 2.31 bits per heavy atom. The zero-order valence-corrected chi connectivity index (χ0v) is 15.3. The topological polar surface area (TPSA) is 75.4 Å². The summed E-state index contributed by atoms with van der Waals surface area (Å²) in [7, 11) is 0. The van der Waals surface area contributed by atoms with Crippen molar-refractivity contribution in [2.24, 2.45) is 0 Å². The number of anilines is 1. The van der Waals surface area contributed by atoms with E-state index in [2.05, 4.69) is 20.9 Å². The van der Waals surface area contributed by atoms with E-state index in [1.165, 1.54) is 10.9 Å². The van der Waals surface area contributed by atoms with E-state index in [4.69, 9.17) is 0 Å². The third-order valence-electron chi connectivity index (χ3n) is 3.86. The van der Waals surface area contributed by atoms with Crippen LogP contribution in [0.25, 0.3) is 0 Å². The van der Waals surface area contributed by atoms with E-state index in [1.54, 1.807) is 24.3 Å². The molecule has 2 aromatic carbocycles. The minimum absolute atomic E-state index is 0.0264. The molecule has 0 atom stereocenters. The summed E-state index contributed by atoms with van der Waals surface area (Å²) in [6, 6.07) is 18.3. The van der Waals surface area contributed by atoms with Crippen LogP contribution in [0.15, 0.2) is 76.3 Å². The molecule has 132 valence electrons. The van der Waals surface area contributed by atoms with Gasteiger partial charge in [-0.3, -0.25) is 14.3 Å². The molecule has 0 saturated heterocycles. The van der Waals surface area contributed by atoms with Gasteiger partial charge in [0.1, 0.15) is 4.47 Å². The predicted octanol–water partition coefficient (Wildman–Crippen LogP) is 3.74. The fourth-order valence-electron chi connectivity index (χ4n) is 2.53. The zero-order chi connectivity index (χ0) is 18.5. The van der Waals surface area contributed by atoms with Crippen LogP contribution in [0.1, 0.15) is 11.3 Å². The Hall–Kier alpha value is -2.93. The number of nitrogens with zero attached hydrogens (tertiary/aromatic N) is 3. The summed E-state index contributed by atoms with van der Waals surface area (Å²) in [6.07, 6.45) is 0.332.